The zero-order valence-corrected chi connectivity index (χ0v) is 17.9. The molecule has 2 heterocycles. The molecule has 0 radical (unpaired) electrons. The number of carbonyl (C=O) groups is 1. The van der Waals surface area contributed by atoms with Crippen molar-refractivity contribution in [1.29, 1.82) is 0 Å². The van der Waals surface area contributed by atoms with E-state index in [1.165, 1.54) is 13.2 Å². The number of fused-ring (bicyclic) bond motifs is 2. The van der Waals surface area contributed by atoms with Gasteiger partial charge in [0.05, 0.1) is 35.3 Å². The van der Waals surface area contributed by atoms with Crippen LogP contribution in [0.2, 0.25) is 0 Å². The van der Waals surface area contributed by atoms with E-state index in [9.17, 15) is 13.2 Å². The Balaban J connectivity index is 1.81. The second-order valence-corrected chi connectivity index (χ2v) is 9.15. The fraction of sp³-hybridized carbons (Fsp3) is 0.273. The van der Waals surface area contributed by atoms with Crippen LogP contribution in [-0.2, 0) is 27.7 Å². The Labute approximate surface area is 175 Å². The number of aromatic nitrogens is 1. The van der Waals surface area contributed by atoms with Gasteiger partial charge in [-0.15, -0.1) is 0 Å². The van der Waals surface area contributed by atoms with Crippen molar-refractivity contribution in [3.8, 4) is 0 Å². The van der Waals surface area contributed by atoms with Gasteiger partial charge in [0, 0.05) is 17.1 Å². The minimum atomic E-state index is -3.76. The van der Waals surface area contributed by atoms with Crippen molar-refractivity contribution >= 4 is 32.6 Å². The smallest absolute Gasteiger partial charge is 0.340 e. The molecule has 1 atom stereocenters. The molecule has 0 amide bonds. The molecule has 3 aromatic rings. The maximum Gasteiger partial charge on any atom is 0.340 e. The monoisotopic (exact) mass is 425 g/mol. The van der Waals surface area contributed by atoms with Gasteiger partial charge in [-0.3, -0.25) is 4.98 Å². The highest BCUT2D eigenvalue weighted by atomic mass is 32.2. The molecule has 4 rings (SSSR count). The van der Waals surface area contributed by atoms with Crippen LogP contribution in [0, 0.1) is 6.92 Å². The van der Waals surface area contributed by atoms with Gasteiger partial charge in [0.2, 0.25) is 10.0 Å². The molecule has 2 aromatic carbocycles. The van der Waals surface area contributed by atoms with E-state index in [4.69, 9.17) is 14.9 Å². The minimum absolute atomic E-state index is 0.102. The summed E-state index contributed by atoms with van der Waals surface area (Å²) in [5.41, 5.74) is 4.57. The van der Waals surface area contributed by atoms with E-state index in [2.05, 4.69) is 11.8 Å². The summed E-state index contributed by atoms with van der Waals surface area (Å²) in [6.45, 7) is 4.36. The number of para-hydroxylation sites is 1. The summed E-state index contributed by atoms with van der Waals surface area (Å²) in [5.74, 6) is -0.419. The number of methoxy groups -OCH3 is 1. The molecule has 0 saturated carbocycles. The third kappa shape index (κ3) is 3.42. The third-order valence-electron chi connectivity index (χ3n) is 5.67. The number of anilines is 1. The summed E-state index contributed by atoms with van der Waals surface area (Å²) in [6.07, 6.45) is 0.679. The molecule has 0 saturated heterocycles. The number of primary sulfonamides is 1. The topological polar surface area (TPSA) is 103 Å². The predicted octanol–water partition coefficient (Wildman–Crippen LogP) is 2.93. The van der Waals surface area contributed by atoms with E-state index in [-0.39, 0.29) is 10.9 Å². The van der Waals surface area contributed by atoms with Gasteiger partial charge in [0.1, 0.15) is 0 Å². The Bertz CT molecular complexity index is 1270. The van der Waals surface area contributed by atoms with Crippen molar-refractivity contribution in [2.45, 2.75) is 37.8 Å². The Kier molecular flexibility index (Phi) is 4.99. The highest BCUT2D eigenvalue weighted by molar-refractivity contribution is 7.89. The number of carbonyl (C=O) groups excluding carboxylic acids is 1. The molecule has 8 heteroatoms. The number of hydrogen-bond donors (Lipinski definition) is 1. The molecular weight excluding hydrogens is 402 g/mol. The van der Waals surface area contributed by atoms with Crippen LogP contribution in [0.15, 0.2) is 47.4 Å². The molecule has 156 valence electrons. The van der Waals surface area contributed by atoms with Crippen molar-refractivity contribution in [3.63, 3.8) is 0 Å². The van der Waals surface area contributed by atoms with Crippen molar-refractivity contribution in [2.24, 2.45) is 5.14 Å². The number of nitrogens with zero attached hydrogens (tertiary/aromatic N) is 2. The van der Waals surface area contributed by atoms with Crippen molar-refractivity contribution in [1.82, 2.24) is 4.98 Å². The molecule has 0 aliphatic carbocycles. The van der Waals surface area contributed by atoms with Crippen LogP contribution in [-0.4, -0.2) is 32.5 Å². The summed E-state index contributed by atoms with van der Waals surface area (Å²) in [4.78, 5) is 19.6. The number of esters is 1. The number of hydrogen-bond acceptors (Lipinski definition) is 6. The lowest BCUT2D eigenvalue weighted by molar-refractivity contribution is 0.0598. The van der Waals surface area contributed by atoms with E-state index >= 15 is 0 Å². The zero-order valence-electron chi connectivity index (χ0n) is 17.0. The maximum atomic E-state index is 12.6. The maximum absolute atomic E-state index is 12.6. The van der Waals surface area contributed by atoms with Crippen molar-refractivity contribution in [2.75, 3.05) is 12.0 Å². The third-order valence-corrected chi connectivity index (χ3v) is 6.58. The predicted molar refractivity (Wildman–Crippen MR) is 115 cm³/mol. The number of ether oxygens (including phenoxy) is 1. The number of benzene rings is 2. The van der Waals surface area contributed by atoms with E-state index in [0.29, 0.717) is 24.2 Å². The summed E-state index contributed by atoms with van der Waals surface area (Å²) in [6, 6.07) is 12.7. The van der Waals surface area contributed by atoms with Gasteiger partial charge in [-0.2, -0.15) is 0 Å². The lowest BCUT2D eigenvalue weighted by Gasteiger charge is -2.26. The molecule has 1 aliphatic heterocycles. The first kappa shape index (κ1) is 20.3. The molecule has 0 unspecified atom stereocenters. The van der Waals surface area contributed by atoms with Gasteiger partial charge in [0.25, 0.3) is 0 Å². The SMILES string of the molecule is COC(=O)c1c(CN2c3ccc(S(N)(=O)=O)cc3C[C@H]2C)nc2ccccc2c1C. The van der Waals surface area contributed by atoms with Crippen LogP contribution in [0.25, 0.3) is 10.9 Å². The van der Waals surface area contributed by atoms with Crippen LogP contribution in [0.3, 0.4) is 0 Å². The largest absolute Gasteiger partial charge is 0.465 e. The Morgan fingerprint density at radius 3 is 2.70 bits per heavy atom. The quantitative estimate of drug-likeness (QED) is 0.645. The molecule has 0 fully saturated rings. The summed E-state index contributed by atoms with van der Waals surface area (Å²) in [5, 5.41) is 6.19. The molecule has 30 heavy (non-hydrogen) atoms. The number of pyridine rings is 1. The second-order valence-electron chi connectivity index (χ2n) is 7.58. The van der Waals surface area contributed by atoms with Crippen molar-refractivity contribution < 1.29 is 17.9 Å². The molecule has 0 spiro atoms. The highest BCUT2D eigenvalue weighted by Gasteiger charge is 2.30. The summed E-state index contributed by atoms with van der Waals surface area (Å²) < 4.78 is 28.5. The number of rotatable bonds is 4. The molecule has 2 N–H and O–H groups in total. The fourth-order valence-electron chi connectivity index (χ4n) is 4.18. The molecular formula is C22H23N3O4S. The van der Waals surface area contributed by atoms with E-state index < -0.39 is 16.0 Å². The van der Waals surface area contributed by atoms with Gasteiger partial charge in [-0.25, -0.2) is 18.4 Å². The first-order chi connectivity index (χ1) is 14.2. The number of aryl methyl sites for hydroxylation is 1. The lowest BCUT2D eigenvalue weighted by Crippen LogP contribution is -2.30. The normalized spacial score (nSPS) is 16.0. The van der Waals surface area contributed by atoms with Gasteiger partial charge in [-0.1, -0.05) is 18.2 Å². The van der Waals surface area contributed by atoms with Gasteiger partial charge < -0.3 is 9.64 Å². The van der Waals surface area contributed by atoms with E-state index in [1.807, 2.05) is 31.2 Å². The first-order valence-corrected chi connectivity index (χ1v) is 11.1. The number of nitrogens with two attached hydrogens (primary N) is 1. The first-order valence-electron chi connectivity index (χ1n) is 9.59. The van der Waals surface area contributed by atoms with Crippen LogP contribution < -0.4 is 10.0 Å². The van der Waals surface area contributed by atoms with E-state index in [1.54, 1.807) is 12.1 Å². The molecule has 7 nitrogen and oxygen atoms in total. The lowest BCUT2D eigenvalue weighted by atomic mass is 10.0. The average molecular weight is 426 g/mol. The highest BCUT2D eigenvalue weighted by Crippen LogP contribution is 2.36. The number of sulfonamides is 1. The van der Waals surface area contributed by atoms with Gasteiger partial charge >= 0.3 is 5.97 Å². The van der Waals surface area contributed by atoms with Crippen LogP contribution in [0.1, 0.15) is 34.1 Å². The minimum Gasteiger partial charge on any atom is -0.465 e. The van der Waals surface area contributed by atoms with Gasteiger partial charge in [0.15, 0.2) is 0 Å². The molecule has 0 bridgehead atoms. The van der Waals surface area contributed by atoms with Gasteiger partial charge in [-0.05, 0) is 55.7 Å². The molecule has 1 aliphatic rings. The second kappa shape index (κ2) is 7.37. The van der Waals surface area contributed by atoms with Crippen LogP contribution in [0.4, 0.5) is 5.69 Å². The summed E-state index contributed by atoms with van der Waals surface area (Å²) >= 11 is 0. The van der Waals surface area contributed by atoms with Crippen LogP contribution in [0.5, 0.6) is 0 Å². The Morgan fingerprint density at radius 1 is 1.27 bits per heavy atom. The van der Waals surface area contributed by atoms with E-state index in [0.717, 1.165) is 27.7 Å². The summed E-state index contributed by atoms with van der Waals surface area (Å²) in [7, 11) is -2.40. The van der Waals surface area contributed by atoms with Crippen molar-refractivity contribution in [3.05, 3.63) is 64.8 Å². The zero-order chi connectivity index (χ0) is 21.6. The average Bonchev–Trinajstić information content (AvgIpc) is 3.01. The standard InChI is InChI=1S/C22H23N3O4S/c1-13-10-15-11-16(30(23,27)28)8-9-20(15)25(13)12-19-21(22(26)29-3)14(2)17-6-4-5-7-18(17)24-19/h4-9,11,13H,10,12H2,1-3H3,(H2,23,27,28)/t13-/m1/s1. The fourth-order valence-corrected chi connectivity index (χ4v) is 4.74. The van der Waals surface area contributed by atoms with Crippen LogP contribution >= 0.6 is 0 Å². The Morgan fingerprint density at radius 2 is 2.00 bits per heavy atom. The Hall–Kier alpha value is -2.97. The molecule has 1 aromatic heterocycles.